The van der Waals surface area contributed by atoms with Crippen molar-refractivity contribution in [3.05, 3.63) is 93.5 Å². The van der Waals surface area contributed by atoms with E-state index in [1.54, 1.807) is 22.8 Å². The summed E-state index contributed by atoms with van der Waals surface area (Å²) in [6, 6.07) is 18.8. The second kappa shape index (κ2) is 9.77. The molecule has 1 aromatic heterocycles. The number of nitrogens with one attached hydrogen (secondary N) is 1. The van der Waals surface area contributed by atoms with Crippen molar-refractivity contribution < 1.29 is 9.18 Å². The molecule has 0 aliphatic carbocycles. The van der Waals surface area contributed by atoms with Gasteiger partial charge in [-0.1, -0.05) is 67.5 Å². The van der Waals surface area contributed by atoms with Gasteiger partial charge in [-0.25, -0.2) is 9.37 Å². The average Bonchev–Trinajstić information content (AvgIpc) is 2.79. The van der Waals surface area contributed by atoms with Gasteiger partial charge in [-0.05, 0) is 47.9 Å². The third kappa shape index (κ3) is 4.94. The van der Waals surface area contributed by atoms with Gasteiger partial charge in [0.25, 0.3) is 5.56 Å². The van der Waals surface area contributed by atoms with Gasteiger partial charge >= 0.3 is 0 Å². The number of fused-ring (bicyclic) bond motifs is 1. The van der Waals surface area contributed by atoms with E-state index < -0.39 is 11.7 Å². The lowest BCUT2D eigenvalue weighted by molar-refractivity contribution is -0.113. The molecule has 0 aliphatic heterocycles. The first-order valence-corrected chi connectivity index (χ1v) is 11.7. The van der Waals surface area contributed by atoms with E-state index >= 15 is 0 Å². The molecule has 0 unspecified atom stereocenters. The number of halogens is 2. The number of hydrogen-bond donors (Lipinski definition) is 1. The number of thioether (sulfide) groups is 1. The first kappa shape index (κ1) is 23.0. The Morgan fingerprint density at radius 1 is 1.12 bits per heavy atom. The Labute approximate surface area is 199 Å². The van der Waals surface area contributed by atoms with Gasteiger partial charge in [0.15, 0.2) is 5.16 Å². The van der Waals surface area contributed by atoms with Crippen LogP contribution in [0.2, 0.25) is 5.02 Å². The molecule has 168 valence electrons. The van der Waals surface area contributed by atoms with E-state index in [2.05, 4.69) is 24.1 Å². The predicted octanol–water partition coefficient (Wildman–Crippen LogP) is 6.03. The number of nitrogens with zero attached hydrogens (tertiary/aromatic N) is 2. The molecule has 0 aliphatic rings. The average molecular weight is 482 g/mol. The van der Waals surface area contributed by atoms with E-state index in [0.717, 1.165) is 29.1 Å². The molecule has 5 nitrogen and oxygen atoms in total. The number of anilines is 1. The van der Waals surface area contributed by atoms with Crippen LogP contribution in [0.1, 0.15) is 25.3 Å². The first-order chi connectivity index (χ1) is 15.8. The molecule has 0 radical (unpaired) electrons. The Morgan fingerprint density at radius 3 is 2.61 bits per heavy atom. The second-order valence-electron chi connectivity index (χ2n) is 7.73. The highest BCUT2D eigenvalue weighted by Crippen LogP contribution is 2.27. The van der Waals surface area contributed by atoms with Gasteiger partial charge in [-0.15, -0.1) is 0 Å². The highest BCUT2D eigenvalue weighted by Gasteiger charge is 2.18. The Hall–Kier alpha value is -3.16. The standard InChI is InChI=1S/C25H21ClFN3O2S/c1-15(2)17-7-4-6-10-22(17)30-24(32)18-8-3-5-9-20(18)29-25(30)33-14-23(31)28-21-12-11-16(26)13-19(21)27/h3-13,15H,14H2,1-2H3,(H,28,31). The van der Waals surface area contributed by atoms with Crippen LogP contribution in [-0.2, 0) is 4.79 Å². The summed E-state index contributed by atoms with van der Waals surface area (Å²) in [7, 11) is 0. The summed E-state index contributed by atoms with van der Waals surface area (Å²) in [6.07, 6.45) is 0. The van der Waals surface area contributed by atoms with E-state index in [-0.39, 0.29) is 27.9 Å². The van der Waals surface area contributed by atoms with Gasteiger partial charge in [-0.3, -0.25) is 14.2 Å². The van der Waals surface area contributed by atoms with Crippen LogP contribution >= 0.6 is 23.4 Å². The van der Waals surface area contributed by atoms with E-state index in [1.165, 1.54) is 12.1 Å². The molecule has 1 heterocycles. The van der Waals surface area contributed by atoms with Crippen molar-refractivity contribution in [3.63, 3.8) is 0 Å². The number of carbonyl (C=O) groups is 1. The maximum atomic E-state index is 14.0. The molecule has 0 atom stereocenters. The molecule has 8 heteroatoms. The molecular formula is C25H21ClFN3O2S. The quantitative estimate of drug-likeness (QED) is 0.269. The minimum Gasteiger partial charge on any atom is -0.323 e. The minimum atomic E-state index is -0.618. The van der Waals surface area contributed by atoms with Crippen LogP contribution in [0.5, 0.6) is 0 Å². The largest absolute Gasteiger partial charge is 0.323 e. The highest BCUT2D eigenvalue weighted by atomic mass is 35.5. The van der Waals surface area contributed by atoms with Gasteiger partial charge in [0, 0.05) is 5.02 Å². The minimum absolute atomic E-state index is 0.0408. The monoisotopic (exact) mass is 481 g/mol. The second-order valence-corrected chi connectivity index (χ2v) is 9.11. The van der Waals surface area contributed by atoms with Crippen LogP contribution in [0.3, 0.4) is 0 Å². The lowest BCUT2D eigenvalue weighted by Gasteiger charge is -2.18. The number of aromatic nitrogens is 2. The van der Waals surface area contributed by atoms with E-state index in [4.69, 9.17) is 11.6 Å². The third-order valence-electron chi connectivity index (χ3n) is 5.08. The molecule has 0 bridgehead atoms. The summed E-state index contributed by atoms with van der Waals surface area (Å²) >= 11 is 6.89. The van der Waals surface area contributed by atoms with Gasteiger partial charge in [0.1, 0.15) is 5.82 Å². The molecule has 1 N–H and O–H groups in total. The van der Waals surface area contributed by atoms with Crippen molar-refractivity contribution in [2.24, 2.45) is 0 Å². The summed E-state index contributed by atoms with van der Waals surface area (Å²) in [6.45, 7) is 4.11. The van der Waals surface area contributed by atoms with E-state index in [0.29, 0.717) is 16.1 Å². The summed E-state index contributed by atoms with van der Waals surface area (Å²) in [5, 5.41) is 3.66. The summed E-state index contributed by atoms with van der Waals surface area (Å²) in [5.41, 5.74) is 2.10. The van der Waals surface area contributed by atoms with Gasteiger partial charge in [-0.2, -0.15) is 0 Å². The highest BCUT2D eigenvalue weighted by molar-refractivity contribution is 7.99. The Morgan fingerprint density at radius 2 is 1.85 bits per heavy atom. The maximum Gasteiger partial charge on any atom is 0.266 e. The molecule has 0 fully saturated rings. The third-order valence-corrected chi connectivity index (χ3v) is 6.26. The molecule has 33 heavy (non-hydrogen) atoms. The van der Waals surface area contributed by atoms with Crippen molar-refractivity contribution in [2.45, 2.75) is 24.9 Å². The van der Waals surface area contributed by atoms with Crippen molar-refractivity contribution in [1.29, 1.82) is 0 Å². The van der Waals surface area contributed by atoms with Crippen LogP contribution in [0.15, 0.2) is 76.7 Å². The molecule has 3 aromatic carbocycles. The number of para-hydroxylation sites is 2. The molecular weight excluding hydrogens is 461 g/mol. The fourth-order valence-corrected chi connectivity index (χ4v) is 4.47. The molecule has 4 aromatic rings. The van der Waals surface area contributed by atoms with Crippen molar-refractivity contribution in [3.8, 4) is 5.69 Å². The van der Waals surface area contributed by atoms with Gasteiger partial charge in [0.05, 0.1) is 28.0 Å². The molecule has 0 spiro atoms. The molecule has 4 rings (SSSR count). The number of benzene rings is 3. The number of rotatable bonds is 6. The number of hydrogen-bond acceptors (Lipinski definition) is 4. The first-order valence-electron chi connectivity index (χ1n) is 10.3. The van der Waals surface area contributed by atoms with Gasteiger partial charge < -0.3 is 5.32 Å². The molecule has 0 saturated carbocycles. The van der Waals surface area contributed by atoms with Crippen LogP contribution in [0.4, 0.5) is 10.1 Å². The smallest absolute Gasteiger partial charge is 0.266 e. The summed E-state index contributed by atoms with van der Waals surface area (Å²) in [4.78, 5) is 30.7. The Balaban J connectivity index is 1.72. The Kier molecular flexibility index (Phi) is 6.81. The summed E-state index contributed by atoms with van der Waals surface area (Å²) < 4.78 is 15.6. The fraction of sp³-hybridized carbons (Fsp3) is 0.160. The fourth-order valence-electron chi connectivity index (χ4n) is 3.51. The lowest BCUT2D eigenvalue weighted by Crippen LogP contribution is -2.24. The number of amides is 1. The number of carbonyl (C=O) groups excluding carboxylic acids is 1. The summed E-state index contributed by atoms with van der Waals surface area (Å²) in [5.74, 6) is -0.926. The van der Waals surface area contributed by atoms with Crippen molar-refractivity contribution in [1.82, 2.24) is 9.55 Å². The molecule has 0 saturated heterocycles. The van der Waals surface area contributed by atoms with Crippen molar-refractivity contribution >= 4 is 45.9 Å². The molecule has 1 amide bonds. The van der Waals surface area contributed by atoms with Crippen LogP contribution in [-0.4, -0.2) is 21.2 Å². The van der Waals surface area contributed by atoms with Crippen LogP contribution < -0.4 is 10.9 Å². The van der Waals surface area contributed by atoms with E-state index in [9.17, 15) is 14.0 Å². The topological polar surface area (TPSA) is 64.0 Å². The van der Waals surface area contributed by atoms with E-state index in [1.807, 2.05) is 30.3 Å². The Bertz CT molecular complexity index is 1400. The predicted molar refractivity (Wildman–Crippen MR) is 132 cm³/mol. The van der Waals surface area contributed by atoms with Crippen molar-refractivity contribution in [2.75, 3.05) is 11.1 Å². The van der Waals surface area contributed by atoms with Crippen LogP contribution in [0.25, 0.3) is 16.6 Å². The normalized spacial score (nSPS) is 11.2. The zero-order chi connectivity index (χ0) is 23.5. The zero-order valence-electron chi connectivity index (χ0n) is 18.0. The van der Waals surface area contributed by atoms with Gasteiger partial charge in [0.2, 0.25) is 5.91 Å². The maximum absolute atomic E-state index is 14.0. The lowest BCUT2D eigenvalue weighted by atomic mass is 10.0. The zero-order valence-corrected chi connectivity index (χ0v) is 19.6. The van der Waals surface area contributed by atoms with Crippen LogP contribution in [0, 0.1) is 5.82 Å². The SMILES string of the molecule is CC(C)c1ccccc1-n1c(SCC(=O)Nc2ccc(Cl)cc2F)nc2ccccc2c1=O.